The van der Waals surface area contributed by atoms with Crippen LogP contribution in [0.25, 0.3) is 0 Å². The number of hydrogen-bond acceptors (Lipinski definition) is 5. The lowest BCUT2D eigenvalue weighted by molar-refractivity contribution is 0.126. The highest BCUT2D eigenvalue weighted by Gasteiger charge is 2.36. The summed E-state index contributed by atoms with van der Waals surface area (Å²) in [5.74, 6) is 1.56. The summed E-state index contributed by atoms with van der Waals surface area (Å²) in [6.45, 7) is 10.4. The van der Waals surface area contributed by atoms with Crippen molar-refractivity contribution in [2.24, 2.45) is 0 Å². The van der Waals surface area contributed by atoms with E-state index in [1.165, 1.54) is 25.7 Å². The van der Waals surface area contributed by atoms with Crippen LogP contribution >= 0.6 is 0 Å². The molecule has 2 fully saturated rings. The normalized spacial score (nSPS) is 29.3. The molecular formula is C16H28N4O. The van der Waals surface area contributed by atoms with Crippen LogP contribution in [-0.2, 0) is 12.0 Å². The van der Waals surface area contributed by atoms with Gasteiger partial charge in [0.2, 0.25) is 5.89 Å². The summed E-state index contributed by atoms with van der Waals surface area (Å²) in [5, 5.41) is 7.85. The zero-order chi connectivity index (χ0) is 15.0. The van der Waals surface area contributed by atoms with E-state index in [0.29, 0.717) is 6.04 Å². The highest BCUT2D eigenvalue weighted by atomic mass is 16.5. The van der Waals surface area contributed by atoms with Crippen LogP contribution in [-0.4, -0.2) is 39.7 Å². The zero-order valence-electron chi connectivity index (χ0n) is 13.7. The first-order valence-corrected chi connectivity index (χ1v) is 8.29. The molecule has 2 bridgehead atoms. The molecule has 3 heterocycles. The fourth-order valence-corrected chi connectivity index (χ4v) is 3.62. The first-order chi connectivity index (χ1) is 9.95. The van der Waals surface area contributed by atoms with Crippen LogP contribution in [0.15, 0.2) is 4.52 Å². The molecule has 21 heavy (non-hydrogen) atoms. The van der Waals surface area contributed by atoms with Gasteiger partial charge in [-0.15, -0.1) is 0 Å². The second kappa shape index (κ2) is 5.69. The van der Waals surface area contributed by atoms with E-state index in [1.54, 1.807) is 0 Å². The van der Waals surface area contributed by atoms with Gasteiger partial charge in [-0.25, -0.2) is 0 Å². The van der Waals surface area contributed by atoms with Crippen molar-refractivity contribution in [3.8, 4) is 0 Å². The van der Waals surface area contributed by atoms with E-state index in [2.05, 4.69) is 48.1 Å². The molecular weight excluding hydrogens is 264 g/mol. The summed E-state index contributed by atoms with van der Waals surface area (Å²) in [6.07, 6.45) is 5.19. The van der Waals surface area contributed by atoms with Gasteiger partial charge in [0.25, 0.3) is 0 Å². The van der Waals surface area contributed by atoms with Gasteiger partial charge in [-0.1, -0.05) is 32.9 Å². The van der Waals surface area contributed by atoms with Gasteiger partial charge >= 0.3 is 0 Å². The predicted octanol–water partition coefficient (Wildman–Crippen LogP) is 2.47. The number of nitrogens with one attached hydrogen (secondary N) is 1. The Kier molecular flexibility index (Phi) is 4.06. The monoisotopic (exact) mass is 292 g/mol. The van der Waals surface area contributed by atoms with Crippen molar-refractivity contribution < 1.29 is 4.52 Å². The first-order valence-electron chi connectivity index (χ1n) is 8.29. The Labute approximate surface area is 127 Å². The van der Waals surface area contributed by atoms with E-state index in [1.807, 2.05) is 0 Å². The highest BCUT2D eigenvalue weighted by molar-refractivity contribution is 5.01. The lowest BCUT2D eigenvalue weighted by Crippen LogP contribution is -2.47. The van der Waals surface area contributed by atoms with Gasteiger partial charge in [-0.05, 0) is 32.2 Å². The lowest BCUT2D eigenvalue weighted by Gasteiger charge is -2.36. The summed E-state index contributed by atoms with van der Waals surface area (Å²) < 4.78 is 5.47. The molecule has 2 unspecified atom stereocenters. The van der Waals surface area contributed by atoms with Crippen LogP contribution in [0, 0.1) is 0 Å². The van der Waals surface area contributed by atoms with E-state index in [-0.39, 0.29) is 5.41 Å². The average Bonchev–Trinajstić information content (AvgIpc) is 3.02. The fraction of sp³-hybridized carbons (Fsp3) is 0.875. The number of nitrogens with zero attached hydrogens (tertiary/aromatic N) is 3. The Morgan fingerprint density at radius 3 is 2.43 bits per heavy atom. The molecule has 3 rings (SSSR count). The van der Waals surface area contributed by atoms with Gasteiger partial charge in [0.05, 0.1) is 6.54 Å². The quantitative estimate of drug-likeness (QED) is 0.924. The van der Waals surface area contributed by atoms with E-state index >= 15 is 0 Å². The molecule has 1 N–H and O–H groups in total. The van der Waals surface area contributed by atoms with Crippen LogP contribution in [0.1, 0.15) is 65.1 Å². The molecule has 0 aliphatic carbocycles. The smallest absolute Gasteiger partial charge is 0.240 e. The molecule has 0 amide bonds. The number of rotatable bonds is 4. The minimum absolute atomic E-state index is 0.0489. The number of hydrogen-bond donors (Lipinski definition) is 1. The van der Waals surface area contributed by atoms with Gasteiger partial charge < -0.3 is 9.84 Å². The SMILES string of the molecule is CCN(Cc1nc(C(C)(C)C)no1)C1CC2CCC(C1)N2. The number of piperidine rings is 1. The first kappa shape index (κ1) is 15.0. The van der Waals surface area contributed by atoms with Crippen molar-refractivity contribution in [1.82, 2.24) is 20.4 Å². The lowest BCUT2D eigenvalue weighted by atomic mass is 9.96. The Balaban J connectivity index is 1.66. The maximum absolute atomic E-state index is 5.47. The minimum atomic E-state index is -0.0489. The molecule has 0 aromatic carbocycles. The Hall–Kier alpha value is -0.940. The molecule has 1 aromatic rings. The van der Waals surface area contributed by atoms with Gasteiger partial charge in [-0.3, -0.25) is 4.90 Å². The van der Waals surface area contributed by atoms with Crippen LogP contribution in [0.5, 0.6) is 0 Å². The maximum atomic E-state index is 5.47. The summed E-state index contributed by atoms with van der Waals surface area (Å²) in [7, 11) is 0. The van der Waals surface area contributed by atoms with Crippen LogP contribution in [0.2, 0.25) is 0 Å². The van der Waals surface area contributed by atoms with Crippen molar-refractivity contribution in [3.63, 3.8) is 0 Å². The zero-order valence-corrected chi connectivity index (χ0v) is 13.7. The van der Waals surface area contributed by atoms with Crippen molar-refractivity contribution >= 4 is 0 Å². The summed E-state index contributed by atoms with van der Waals surface area (Å²) in [6, 6.07) is 2.09. The number of aromatic nitrogens is 2. The van der Waals surface area contributed by atoms with E-state index < -0.39 is 0 Å². The van der Waals surface area contributed by atoms with E-state index in [9.17, 15) is 0 Å². The van der Waals surface area contributed by atoms with E-state index in [0.717, 1.165) is 36.9 Å². The molecule has 2 atom stereocenters. The van der Waals surface area contributed by atoms with Gasteiger partial charge in [0.15, 0.2) is 5.82 Å². The van der Waals surface area contributed by atoms with Crippen LogP contribution < -0.4 is 5.32 Å². The molecule has 5 heteroatoms. The molecule has 0 radical (unpaired) electrons. The van der Waals surface area contributed by atoms with E-state index in [4.69, 9.17) is 4.52 Å². The highest BCUT2D eigenvalue weighted by Crippen LogP contribution is 2.30. The van der Waals surface area contributed by atoms with Crippen LogP contribution in [0.3, 0.4) is 0 Å². The third-order valence-electron chi connectivity index (χ3n) is 4.85. The molecule has 1 aromatic heterocycles. The standard InChI is InChI=1S/C16H28N4O/c1-5-20(13-8-11-6-7-12(9-13)17-11)10-14-18-15(19-21-14)16(2,3)4/h11-13,17H,5-10H2,1-4H3. The summed E-state index contributed by atoms with van der Waals surface area (Å²) >= 11 is 0. The number of fused-ring (bicyclic) bond motifs is 2. The molecule has 2 saturated heterocycles. The third-order valence-corrected chi connectivity index (χ3v) is 4.85. The third kappa shape index (κ3) is 3.29. The van der Waals surface area contributed by atoms with Crippen molar-refractivity contribution in [1.29, 1.82) is 0 Å². The molecule has 0 saturated carbocycles. The molecule has 2 aliphatic rings. The molecule has 5 nitrogen and oxygen atoms in total. The largest absolute Gasteiger partial charge is 0.338 e. The average molecular weight is 292 g/mol. The summed E-state index contributed by atoms with van der Waals surface area (Å²) in [5.41, 5.74) is -0.0489. The van der Waals surface area contributed by atoms with Gasteiger partial charge in [0, 0.05) is 23.5 Å². The van der Waals surface area contributed by atoms with Crippen molar-refractivity contribution in [3.05, 3.63) is 11.7 Å². The van der Waals surface area contributed by atoms with Gasteiger partial charge in [-0.2, -0.15) is 4.98 Å². The molecule has 118 valence electrons. The molecule has 2 aliphatic heterocycles. The van der Waals surface area contributed by atoms with Crippen LogP contribution in [0.4, 0.5) is 0 Å². The Morgan fingerprint density at radius 1 is 1.24 bits per heavy atom. The maximum Gasteiger partial charge on any atom is 0.240 e. The van der Waals surface area contributed by atoms with Gasteiger partial charge in [0.1, 0.15) is 0 Å². The Morgan fingerprint density at radius 2 is 1.90 bits per heavy atom. The fourth-order valence-electron chi connectivity index (χ4n) is 3.62. The van der Waals surface area contributed by atoms with Crippen molar-refractivity contribution in [2.45, 2.75) is 83.5 Å². The second-order valence-corrected chi connectivity index (χ2v) is 7.59. The summed E-state index contributed by atoms with van der Waals surface area (Å²) in [4.78, 5) is 7.09. The molecule has 0 spiro atoms. The minimum Gasteiger partial charge on any atom is -0.338 e. The Bertz CT molecular complexity index is 467. The predicted molar refractivity (Wildman–Crippen MR) is 82.0 cm³/mol. The second-order valence-electron chi connectivity index (χ2n) is 7.59. The topological polar surface area (TPSA) is 54.2 Å². The van der Waals surface area contributed by atoms with Crippen molar-refractivity contribution in [2.75, 3.05) is 6.54 Å².